The fourth-order valence-corrected chi connectivity index (χ4v) is 4.61. The second-order valence-electron chi connectivity index (χ2n) is 7.06. The lowest BCUT2D eigenvalue weighted by Gasteiger charge is -2.40. The van der Waals surface area contributed by atoms with Crippen molar-refractivity contribution < 1.29 is 14.4 Å². The number of benzene rings is 1. The number of allylic oxidation sites excluding steroid dienone is 2. The molecule has 1 saturated heterocycles. The number of ketones is 1. The lowest BCUT2D eigenvalue weighted by molar-refractivity contribution is -0.140. The molecule has 4 atom stereocenters. The van der Waals surface area contributed by atoms with Gasteiger partial charge in [-0.2, -0.15) is 0 Å². The summed E-state index contributed by atoms with van der Waals surface area (Å²) >= 11 is 0. The molecule has 0 aromatic heterocycles. The van der Waals surface area contributed by atoms with E-state index in [4.69, 9.17) is 0 Å². The van der Waals surface area contributed by atoms with Crippen molar-refractivity contribution in [3.63, 3.8) is 0 Å². The standard InChI is InChI=1S/C20H21NO3/c1-2-3-9-13-15(22)10-14-16(13)18-17(14)19(23)21(20(18)24)11-12-7-5-4-6-8-12/h4-9,14,16-18H,2-3,10-11H2,1H3/b13-9-/t14-,16+,17+,18-/m0/s1. The smallest absolute Gasteiger partial charge is 0.234 e. The van der Waals surface area contributed by atoms with Crippen LogP contribution in [0.3, 0.4) is 0 Å². The van der Waals surface area contributed by atoms with Crippen LogP contribution in [0.15, 0.2) is 42.0 Å². The number of Topliss-reactive ketones (excluding diaryl/α,β-unsaturated/α-hetero) is 1. The highest BCUT2D eigenvalue weighted by atomic mass is 16.2. The molecule has 3 aliphatic rings. The van der Waals surface area contributed by atoms with Gasteiger partial charge in [-0.05, 0) is 23.5 Å². The molecule has 4 heteroatoms. The number of rotatable bonds is 4. The molecule has 0 bridgehead atoms. The summed E-state index contributed by atoms with van der Waals surface area (Å²) < 4.78 is 0. The van der Waals surface area contributed by atoms with Crippen LogP contribution in [0.2, 0.25) is 0 Å². The predicted octanol–water partition coefficient (Wildman–Crippen LogP) is 2.73. The molecule has 0 N–H and O–H groups in total. The van der Waals surface area contributed by atoms with Gasteiger partial charge in [-0.1, -0.05) is 49.8 Å². The number of amides is 2. The van der Waals surface area contributed by atoms with Crippen LogP contribution in [0.4, 0.5) is 0 Å². The molecule has 1 aromatic rings. The lowest BCUT2D eigenvalue weighted by Crippen LogP contribution is -2.46. The summed E-state index contributed by atoms with van der Waals surface area (Å²) in [5.74, 6) is -0.590. The largest absolute Gasteiger partial charge is 0.295 e. The maximum absolute atomic E-state index is 12.8. The lowest BCUT2D eigenvalue weighted by atomic mass is 9.58. The first kappa shape index (κ1) is 15.3. The second kappa shape index (κ2) is 5.69. The van der Waals surface area contributed by atoms with Crippen molar-refractivity contribution in [2.75, 3.05) is 0 Å². The minimum Gasteiger partial charge on any atom is -0.295 e. The molecule has 4 rings (SSSR count). The quantitative estimate of drug-likeness (QED) is 0.632. The van der Waals surface area contributed by atoms with Crippen LogP contribution in [-0.4, -0.2) is 22.5 Å². The van der Waals surface area contributed by atoms with Crippen molar-refractivity contribution in [2.45, 2.75) is 32.7 Å². The number of nitrogens with zero attached hydrogens (tertiary/aromatic N) is 1. The van der Waals surface area contributed by atoms with Gasteiger partial charge in [0.15, 0.2) is 5.78 Å². The minimum atomic E-state index is -0.305. The highest BCUT2D eigenvalue weighted by molar-refractivity contribution is 6.11. The third-order valence-electron chi connectivity index (χ3n) is 5.74. The molecule has 1 aliphatic heterocycles. The van der Waals surface area contributed by atoms with Gasteiger partial charge in [-0.25, -0.2) is 0 Å². The van der Waals surface area contributed by atoms with Crippen molar-refractivity contribution in [3.8, 4) is 0 Å². The summed E-state index contributed by atoms with van der Waals surface area (Å²) in [6.07, 6.45) is 4.27. The van der Waals surface area contributed by atoms with Crippen molar-refractivity contribution in [1.82, 2.24) is 4.90 Å². The fraction of sp³-hybridized carbons (Fsp3) is 0.450. The first-order chi connectivity index (χ1) is 11.6. The Balaban J connectivity index is 1.58. The molecule has 2 amide bonds. The van der Waals surface area contributed by atoms with Crippen LogP contribution in [0, 0.1) is 23.7 Å². The summed E-state index contributed by atoms with van der Waals surface area (Å²) in [4.78, 5) is 39.2. The molecule has 124 valence electrons. The van der Waals surface area contributed by atoms with E-state index in [1.165, 1.54) is 4.90 Å². The van der Waals surface area contributed by atoms with Crippen molar-refractivity contribution >= 4 is 17.6 Å². The van der Waals surface area contributed by atoms with Gasteiger partial charge in [0.05, 0.1) is 18.4 Å². The van der Waals surface area contributed by atoms with Crippen LogP contribution < -0.4 is 0 Å². The van der Waals surface area contributed by atoms with Gasteiger partial charge < -0.3 is 0 Å². The highest BCUT2D eigenvalue weighted by Gasteiger charge is 2.68. The topological polar surface area (TPSA) is 54.5 Å². The maximum Gasteiger partial charge on any atom is 0.234 e. The Morgan fingerprint density at radius 1 is 1.04 bits per heavy atom. The molecule has 4 nitrogen and oxygen atoms in total. The predicted molar refractivity (Wildman–Crippen MR) is 88.6 cm³/mol. The Kier molecular flexibility index (Phi) is 3.63. The van der Waals surface area contributed by atoms with Gasteiger partial charge in [-0.15, -0.1) is 0 Å². The van der Waals surface area contributed by atoms with Crippen LogP contribution in [0.25, 0.3) is 0 Å². The highest BCUT2D eigenvalue weighted by Crippen LogP contribution is 2.60. The number of unbranched alkanes of at least 4 members (excludes halogenated alkanes) is 1. The van der Waals surface area contributed by atoms with Gasteiger partial charge in [-0.3, -0.25) is 19.3 Å². The van der Waals surface area contributed by atoms with Crippen LogP contribution >= 0.6 is 0 Å². The van der Waals surface area contributed by atoms with E-state index in [0.717, 1.165) is 24.0 Å². The first-order valence-electron chi connectivity index (χ1n) is 8.76. The third kappa shape index (κ3) is 2.09. The normalized spacial score (nSPS) is 33.0. The molecule has 0 radical (unpaired) electrons. The summed E-state index contributed by atoms with van der Waals surface area (Å²) in [7, 11) is 0. The second-order valence-corrected chi connectivity index (χ2v) is 7.06. The molecule has 1 aromatic carbocycles. The average Bonchev–Trinajstić information content (AvgIpc) is 2.94. The van der Waals surface area contributed by atoms with Gasteiger partial charge in [0.25, 0.3) is 0 Å². The molecule has 0 unspecified atom stereocenters. The molecule has 1 heterocycles. The number of fused-ring (bicyclic) bond motifs is 4. The molecular weight excluding hydrogens is 302 g/mol. The van der Waals surface area contributed by atoms with Gasteiger partial charge in [0.1, 0.15) is 0 Å². The summed E-state index contributed by atoms with van der Waals surface area (Å²) in [6.45, 7) is 2.41. The number of carbonyl (C=O) groups is 3. The van der Waals surface area contributed by atoms with Crippen LogP contribution in [-0.2, 0) is 20.9 Å². The first-order valence-corrected chi connectivity index (χ1v) is 8.76. The average molecular weight is 323 g/mol. The summed E-state index contributed by atoms with van der Waals surface area (Å²) in [6, 6.07) is 9.60. The maximum atomic E-state index is 12.8. The van der Waals surface area contributed by atoms with Crippen LogP contribution in [0.5, 0.6) is 0 Å². The Labute approximate surface area is 141 Å². The summed E-state index contributed by atoms with van der Waals surface area (Å²) in [5, 5.41) is 0. The van der Waals surface area contributed by atoms with Crippen molar-refractivity contribution in [1.29, 1.82) is 0 Å². The molecular formula is C20H21NO3. The van der Waals surface area contributed by atoms with E-state index in [2.05, 4.69) is 6.92 Å². The Bertz CT molecular complexity index is 737. The third-order valence-corrected chi connectivity index (χ3v) is 5.74. The van der Waals surface area contributed by atoms with Crippen LogP contribution in [0.1, 0.15) is 31.7 Å². The van der Waals surface area contributed by atoms with E-state index >= 15 is 0 Å². The van der Waals surface area contributed by atoms with E-state index in [0.29, 0.717) is 13.0 Å². The molecule has 0 spiro atoms. The monoisotopic (exact) mass is 323 g/mol. The SMILES string of the molecule is CCC/C=C1/C(=O)C[C@@H]2[C@H]3C(=O)N(Cc4ccccc4)C(=O)[C@H]3[C@H]12. The van der Waals surface area contributed by atoms with Gasteiger partial charge in [0.2, 0.25) is 11.8 Å². The van der Waals surface area contributed by atoms with Gasteiger partial charge in [0, 0.05) is 12.3 Å². The molecule has 3 fully saturated rings. The molecule has 2 aliphatic carbocycles. The zero-order valence-electron chi connectivity index (χ0n) is 13.8. The Morgan fingerprint density at radius 3 is 2.46 bits per heavy atom. The van der Waals surface area contributed by atoms with E-state index in [1.807, 2.05) is 36.4 Å². The fourth-order valence-electron chi connectivity index (χ4n) is 4.61. The van der Waals surface area contributed by atoms with E-state index < -0.39 is 0 Å². The molecule has 2 saturated carbocycles. The Morgan fingerprint density at radius 2 is 1.75 bits per heavy atom. The van der Waals surface area contributed by atoms with Gasteiger partial charge >= 0.3 is 0 Å². The minimum absolute atomic E-state index is 0.0220. The number of hydrogen-bond acceptors (Lipinski definition) is 3. The Hall–Kier alpha value is -2.23. The number of hydrogen-bond donors (Lipinski definition) is 0. The zero-order chi connectivity index (χ0) is 16.8. The number of likely N-dealkylation sites (tertiary alicyclic amines) is 1. The van der Waals surface area contributed by atoms with Crippen molar-refractivity contribution in [3.05, 3.63) is 47.5 Å². The zero-order valence-corrected chi connectivity index (χ0v) is 13.8. The van der Waals surface area contributed by atoms with E-state index in [9.17, 15) is 14.4 Å². The summed E-state index contributed by atoms with van der Waals surface area (Å²) in [5.41, 5.74) is 1.77. The number of imide groups is 1. The van der Waals surface area contributed by atoms with E-state index in [-0.39, 0.29) is 41.3 Å². The van der Waals surface area contributed by atoms with Crippen molar-refractivity contribution in [2.24, 2.45) is 23.7 Å². The van der Waals surface area contributed by atoms with E-state index in [1.54, 1.807) is 0 Å². The molecule has 24 heavy (non-hydrogen) atoms. The number of carbonyl (C=O) groups excluding carboxylic acids is 3.